The van der Waals surface area contributed by atoms with E-state index in [1.54, 1.807) is 0 Å². The summed E-state index contributed by atoms with van der Waals surface area (Å²) >= 11 is 0. The van der Waals surface area contributed by atoms with E-state index in [9.17, 15) is 13.5 Å². The molecule has 0 aromatic heterocycles. The van der Waals surface area contributed by atoms with Crippen LogP contribution in [0.2, 0.25) is 0 Å². The summed E-state index contributed by atoms with van der Waals surface area (Å²) in [5.74, 6) is 0.470. The van der Waals surface area contributed by atoms with Gasteiger partial charge in [-0.2, -0.15) is 0 Å². The van der Waals surface area contributed by atoms with Crippen molar-refractivity contribution in [2.24, 2.45) is 0 Å². The highest BCUT2D eigenvalue weighted by atomic mass is 32.2. The molecule has 0 bridgehead atoms. The van der Waals surface area contributed by atoms with Crippen LogP contribution in [0, 0.1) is 0 Å². The van der Waals surface area contributed by atoms with Gasteiger partial charge in [-0.05, 0) is 12.5 Å². The lowest BCUT2D eigenvalue weighted by Crippen LogP contribution is -2.27. The second-order valence-electron chi connectivity index (χ2n) is 4.28. The molecular weight excluding hydrogens is 238 g/mol. The lowest BCUT2D eigenvalue weighted by atomic mass is 10.1. The van der Waals surface area contributed by atoms with Crippen LogP contribution in [0.3, 0.4) is 0 Å². The molecule has 5 heteroatoms. The monoisotopic (exact) mass is 255 g/mol. The Labute approximate surface area is 102 Å². The molecule has 1 N–H and O–H groups in total. The maximum Gasteiger partial charge on any atom is 0.152 e. The number of anilines is 1. The van der Waals surface area contributed by atoms with Crippen molar-refractivity contribution in [1.29, 1.82) is 0 Å². The Morgan fingerprint density at radius 2 is 1.94 bits per heavy atom. The third-order valence-corrected chi connectivity index (χ3v) is 4.77. The minimum Gasteiger partial charge on any atom is -0.392 e. The smallest absolute Gasteiger partial charge is 0.152 e. The van der Waals surface area contributed by atoms with E-state index in [-0.39, 0.29) is 18.1 Å². The van der Waals surface area contributed by atoms with E-state index < -0.39 is 9.84 Å². The van der Waals surface area contributed by atoms with Gasteiger partial charge in [-0.3, -0.25) is 0 Å². The fourth-order valence-electron chi connectivity index (χ4n) is 2.13. The molecule has 0 amide bonds. The Balaban J connectivity index is 2.22. The summed E-state index contributed by atoms with van der Waals surface area (Å²) in [6, 6.07) is 7.59. The highest BCUT2D eigenvalue weighted by Crippen LogP contribution is 2.22. The van der Waals surface area contributed by atoms with Crippen molar-refractivity contribution in [2.45, 2.75) is 13.0 Å². The average molecular weight is 255 g/mol. The predicted octanol–water partition coefficient (Wildman–Crippen LogP) is 0.804. The zero-order valence-corrected chi connectivity index (χ0v) is 10.5. The summed E-state index contributed by atoms with van der Waals surface area (Å²) in [5, 5.41) is 9.28. The van der Waals surface area contributed by atoms with E-state index in [2.05, 4.69) is 4.90 Å². The Bertz CT molecular complexity index is 484. The summed E-state index contributed by atoms with van der Waals surface area (Å²) < 4.78 is 23.1. The summed E-state index contributed by atoms with van der Waals surface area (Å²) in [7, 11) is -2.88. The van der Waals surface area contributed by atoms with Crippen molar-refractivity contribution in [1.82, 2.24) is 0 Å². The van der Waals surface area contributed by atoms with E-state index in [4.69, 9.17) is 0 Å². The minimum atomic E-state index is -2.88. The summed E-state index contributed by atoms with van der Waals surface area (Å²) in [5.41, 5.74) is 1.80. The van der Waals surface area contributed by atoms with Gasteiger partial charge in [-0.25, -0.2) is 8.42 Å². The molecule has 0 radical (unpaired) electrons. The number of aliphatic hydroxyl groups excluding tert-OH is 1. The van der Waals surface area contributed by atoms with Gasteiger partial charge in [0.2, 0.25) is 0 Å². The van der Waals surface area contributed by atoms with Crippen molar-refractivity contribution < 1.29 is 13.5 Å². The summed E-state index contributed by atoms with van der Waals surface area (Å²) in [6.07, 6.45) is 0.655. The fraction of sp³-hybridized carbons (Fsp3) is 0.500. The second kappa shape index (κ2) is 5.06. The molecule has 1 saturated heterocycles. The fourth-order valence-corrected chi connectivity index (χ4v) is 3.40. The topological polar surface area (TPSA) is 57.6 Å². The number of sulfone groups is 1. The van der Waals surface area contributed by atoms with Gasteiger partial charge in [-0.15, -0.1) is 0 Å². The number of benzene rings is 1. The first-order valence-corrected chi connectivity index (χ1v) is 7.59. The number of hydrogen-bond acceptors (Lipinski definition) is 4. The number of nitrogens with zero attached hydrogens (tertiary/aromatic N) is 1. The molecule has 0 spiro atoms. The Kier molecular flexibility index (Phi) is 3.69. The molecule has 1 aliphatic heterocycles. The molecule has 0 aliphatic carbocycles. The lowest BCUT2D eigenvalue weighted by Gasteiger charge is -2.24. The van der Waals surface area contributed by atoms with Crippen molar-refractivity contribution in [3.63, 3.8) is 0 Å². The summed E-state index contributed by atoms with van der Waals surface area (Å²) in [6.45, 7) is 1.23. The molecule has 1 aromatic carbocycles. The van der Waals surface area contributed by atoms with Crippen molar-refractivity contribution >= 4 is 15.5 Å². The zero-order valence-electron chi connectivity index (χ0n) is 9.67. The molecule has 1 aromatic rings. The molecule has 1 aliphatic rings. The molecule has 0 unspecified atom stereocenters. The normalized spacial score (nSPS) is 19.9. The number of aliphatic hydroxyl groups is 1. The van der Waals surface area contributed by atoms with E-state index in [1.807, 2.05) is 24.3 Å². The first kappa shape index (κ1) is 12.4. The van der Waals surface area contributed by atoms with Crippen molar-refractivity contribution in [2.75, 3.05) is 29.5 Å². The van der Waals surface area contributed by atoms with E-state index >= 15 is 0 Å². The highest BCUT2D eigenvalue weighted by molar-refractivity contribution is 7.91. The van der Waals surface area contributed by atoms with Crippen LogP contribution in [-0.2, 0) is 16.4 Å². The minimum absolute atomic E-state index is 0.0145. The van der Waals surface area contributed by atoms with E-state index in [0.717, 1.165) is 17.8 Å². The molecule has 17 heavy (non-hydrogen) atoms. The number of para-hydroxylation sites is 1. The van der Waals surface area contributed by atoms with Crippen molar-refractivity contribution in [3.05, 3.63) is 29.8 Å². The van der Waals surface area contributed by atoms with Gasteiger partial charge < -0.3 is 10.0 Å². The summed E-state index contributed by atoms with van der Waals surface area (Å²) in [4.78, 5) is 2.05. The molecule has 2 rings (SSSR count). The molecule has 1 fully saturated rings. The first-order chi connectivity index (χ1) is 8.12. The lowest BCUT2D eigenvalue weighted by molar-refractivity contribution is 0.282. The van der Waals surface area contributed by atoms with Crippen LogP contribution in [0.4, 0.5) is 5.69 Å². The maximum atomic E-state index is 11.5. The quantitative estimate of drug-likeness (QED) is 0.849. The van der Waals surface area contributed by atoms with Gasteiger partial charge in [0.25, 0.3) is 0 Å². The zero-order chi connectivity index (χ0) is 12.3. The van der Waals surface area contributed by atoms with E-state index in [0.29, 0.717) is 13.0 Å². The van der Waals surface area contributed by atoms with Gasteiger partial charge >= 0.3 is 0 Å². The van der Waals surface area contributed by atoms with Crippen LogP contribution in [-0.4, -0.2) is 38.1 Å². The van der Waals surface area contributed by atoms with Gasteiger partial charge in [0.15, 0.2) is 9.84 Å². The molecule has 0 atom stereocenters. The van der Waals surface area contributed by atoms with Gasteiger partial charge in [-0.1, -0.05) is 18.2 Å². The molecular formula is C12H17NO3S. The molecule has 1 heterocycles. The SMILES string of the molecule is O=S1(=O)CCCN(c2ccccc2CO)CC1. The van der Waals surface area contributed by atoms with Gasteiger partial charge in [0.1, 0.15) is 0 Å². The number of hydrogen-bond donors (Lipinski definition) is 1. The molecule has 94 valence electrons. The number of rotatable bonds is 2. The third kappa shape index (κ3) is 2.98. The standard InChI is InChI=1S/C12H17NO3S/c14-10-11-4-1-2-5-12(11)13-6-3-8-17(15,16)9-7-13/h1-2,4-5,14H,3,6-10H2. The predicted molar refractivity (Wildman–Crippen MR) is 67.8 cm³/mol. The Morgan fingerprint density at radius 1 is 1.18 bits per heavy atom. The van der Waals surface area contributed by atoms with Crippen LogP contribution in [0.5, 0.6) is 0 Å². The first-order valence-electron chi connectivity index (χ1n) is 5.76. The second-order valence-corrected chi connectivity index (χ2v) is 6.58. The van der Waals surface area contributed by atoms with Gasteiger partial charge in [0, 0.05) is 24.3 Å². The maximum absolute atomic E-state index is 11.5. The average Bonchev–Trinajstić information content (AvgIpc) is 2.50. The van der Waals surface area contributed by atoms with Crippen molar-refractivity contribution in [3.8, 4) is 0 Å². The molecule has 4 nitrogen and oxygen atoms in total. The Morgan fingerprint density at radius 3 is 2.71 bits per heavy atom. The van der Waals surface area contributed by atoms with Crippen LogP contribution < -0.4 is 4.90 Å². The Hall–Kier alpha value is -1.07. The largest absolute Gasteiger partial charge is 0.392 e. The van der Waals surface area contributed by atoms with Crippen LogP contribution in [0.25, 0.3) is 0 Å². The van der Waals surface area contributed by atoms with E-state index in [1.165, 1.54) is 0 Å². The third-order valence-electron chi connectivity index (χ3n) is 3.06. The van der Waals surface area contributed by atoms with Crippen LogP contribution in [0.1, 0.15) is 12.0 Å². The highest BCUT2D eigenvalue weighted by Gasteiger charge is 2.20. The van der Waals surface area contributed by atoms with Gasteiger partial charge in [0.05, 0.1) is 18.1 Å². The van der Waals surface area contributed by atoms with Crippen LogP contribution in [0.15, 0.2) is 24.3 Å². The van der Waals surface area contributed by atoms with Crippen LogP contribution >= 0.6 is 0 Å². The molecule has 0 saturated carbocycles.